The first-order chi connectivity index (χ1) is 8.17. The van der Waals surface area contributed by atoms with Crippen molar-refractivity contribution in [1.29, 1.82) is 0 Å². The Kier molecular flexibility index (Phi) is 3.83. The molecule has 1 saturated heterocycles. The van der Waals surface area contributed by atoms with Crippen molar-refractivity contribution in [2.24, 2.45) is 0 Å². The molecule has 1 fully saturated rings. The lowest BCUT2D eigenvalue weighted by Crippen LogP contribution is -2.42. The maximum Gasteiger partial charge on any atom is 0.415 e. The largest absolute Gasteiger partial charge is 0.465 e. The van der Waals surface area contributed by atoms with Crippen molar-refractivity contribution in [2.45, 2.75) is 39.3 Å². The number of ether oxygens (including phenoxy) is 1. The topological polar surface area (TPSA) is 87.2 Å². The molecule has 7 nitrogen and oxygen atoms in total. The molecule has 0 spiro atoms. The van der Waals surface area contributed by atoms with E-state index < -0.39 is 29.7 Å². The number of esters is 1. The summed E-state index contributed by atoms with van der Waals surface area (Å²) in [5, 5.41) is 8.86. The molecule has 0 saturated carbocycles. The average Bonchev–Trinajstić information content (AvgIpc) is 2.52. The minimum Gasteiger partial charge on any atom is -0.465 e. The highest BCUT2D eigenvalue weighted by Crippen LogP contribution is 2.19. The number of hydrogen-bond donors (Lipinski definition) is 1. The van der Waals surface area contributed by atoms with Gasteiger partial charge in [0.15, 0.2) is 0 Å². The predicted octanol–water partition coefficient (Wildman–Crippen LogP) is 1.13. The molecule has 0 aromatic heterocycles. The highest BCUT2D eigenvalue weighted by atomic mass is 16.6. The summed E-state index contributed by atoms with van der Waals surface area (Å²) in [6, 6.07) is -1.54. The van der Waals surface area contributed by atoms with Crippen LogP contribution in [0.5, 0.6) is 0 Å². The molecule has 0 radical (unpaired) electrons. The normalized spacial score (nSPS) is 20.2. The Balaban J connectivity index is 2.86. The summed E-state index contributed by atoms with van der Waals surface area (Å²) in [7, 11) is 0. The number of imide groups is 1. The van der Waals surface area contributed by atoms with Crippen LogP contribution in [-0.2, 0) is 9.53 Å². The van der Waals surface area contributed by atoms with Crippen molar-refractivity contribution in [2.75, 3.05) is 13.1 Å². The van der Waals surface area contributed by atoms with E-state index in [1.807, 2.05) is 0 Å². The van der Waals surface area contributed by atoms with Gasteiger partial charge >= 0.3 is 18.1 Å². The fourth-order valence-corrected chi connectivity index (χ4v) is 1.73. The van der Waals surface area contributed by atoms with Gasteiger partial charge in [0.1, 0.15) is 11.6 Å². The van der Waals surface area contributed by atoms with Gasteiger partial charge in [-0.15, -0.1) is 0 Å². The van der Waals surface area contributed by atoms with E-state index >= 15 is 0 Å². The molecule has 3 amide bonds. The van der Waals surface area contributed by atoms with Crippen molar-refractivity contribution in [3.63, 3.8) is 0 Å². The van der Waals surface area contributed by atoms with Crippen molar-refractivity contribution in [3.05, 3.63) is 0 Å². The van der Waals surface area contributed by atoms with E-state index in [2.05, 4.69) is 0 Å². The third-order valence-corrected chi connectivity index (χ3v) is 2.46. The van der Waals surface area contributed by atoms with E-state index in [9.17, 15) is 14.4 Å². The smallest absolute Gasteiger partial charge is 0.415 e. The lowest BCUT2D eigenvalue weighted by Gasteiger charge is -2.25. The van der Waals surface area contributed by atoms with E-state index in [-0.39, 0.29) is 13.1 Å². The van der Waals surface area contributed by atoms with E-state index in [0.717, 1.165) is 0 Å². The van der Waals surface area contributed by atoms with Crippen LogP contribution in [0.15, 0.2) is 0 Å². The first-order valence-electron chi connectivity index (χ1n) is 5.71. The van der Waals surface area contributed by atoms with Crippen molar-refractivity contribution in [1.82, 2.24) is 9.80 Å². The second-order valence-electron chi connectivity index (χ2n) is 5.01. The van der Waals surface area contributed by atoms with Crippen molar-refractivity contribution >= 4 is 18.1 Å². The molecule has 18 heavy (non-hydrogen) atoms. The van der Waals surface area contributed by atoms with Gasteiger partial charge in [-0.05, 0) is 27.7 Å². The molecule has 1 N–H and O–H groups in total. The number of hydrogen-bond acceptors (Lipinski definition) is 4. The summed E-state index contributed by atoms with van der Waals surface area (Å²) in [5.41, 5.74) is -0.670. The number of carbonyl (C=O) groups excluding carboxylic acids is 2. The first-order valence-corrected chi connectivity index (χ1v) is 5.71. The fraction of sp³-hybridized carbons (Fsp3) is 0.727. The van der Waals surface area contributed by atoms with E-state index in [0.29, 0.717) is 4.90 Å². The van der Waals surface area contributed by atoms with Crippen LogP contribution in [0.4, 0.5) is 9.59 Å². The summed E-state index contributed by atoms with van der Waals surface area (Å²) in [4.78, 5) is 36.3. The zero-order valence-electron chi connectivity index (χ0n) is 11.0. The summed E-state index contributed by atoms with van der Waals surface area (Å²) in [6.45, 7) is 6.90. The Morgan fingerprint density at radius 2 is 2.00 bits per heavy atom. The molecule has 1 rings (SSSR count). The molecule has 7 heteroatoms. The lowest BCUT2D eigenvalue weighted by atomic mass is 10.2. The Morgan fingerprint density at radius 3 is 2.39 bits per heavy atom. The van der Waals surface area contributed by atoms with Crippen LogP contribution >= 0.6 is 0 Å². The summed E-state index contributed by atoms with van der Waals surface area (Å²) in [6.07, 6.45) is -1.36. The molecular formula is C11H18N2O5. The van der Waals surface area contributed by atoms with Gasteiger partial charge in [-0.1, -0.05) is 0 Å². The molecule has 0 aliphatic carbocycles. The number of likely N-dealkylation sites (N-methyl/N-ethyl adjacent to an activating group) is 1. The van der Waals surface area contributed by atoms with E-state index in [1.165, 1.54) is 4.90 Å². The Bertz CT molecular complexity index is 374. The van der Waals surface area contributed by atoms with Crippen LogP contribution in [0.2, 0.25) is 0 Å². The number of carbonyl (C=O) groups is 3. The van der Waals surface area contributed by atoms with Gasteiger partial charge in [-0.25, -0.2) is 19.3 Å². The number of rotatable bonds is 2. The molecule has 1 aliphatic rings. The number of amides is 3. The third-order valence-electron chi connectivity index (χ3n) is 2.46. The fourth-order valence-electron chi connectivity index (χ4n) is 1.73. The molecule has 0 aromatic carbocycles. The van der Waals surface area contributed by atoms with Crippen LogP contribution in [0.1, 0.15) is 27.7 Å². The third kappa shape index (κ3) is 2.91. The summed E-state index contributed by atoms with van der Waals surface area (Å²) < 4.78 is 5.18. The van der Waals surface area contributed by atoms with E-state index in [4.69, 9.17) is 9.84 Å². The zero-order valence-corrected chi connectivity index (χ0v) is 11.0. The maximum atomic E-state index is 11.9. The molecular weight excluding hydrogens is 240 g/mol. The molecule has 1 heterocycles. The van der Waals surface area contributed by atoms with Crippen molar-refractivity contribution < 1.29 is 24.2 Å². The quantitative estimate of drug-likeness (QED) is 0.750. The zero-order chi connectivity index (χ0) is 14.1. The second-order valence-corrected chi connectivity index (χ2v) is 5.01. The van der Waals surface area contributed by atoms with Gasteiger partial charge in [-0.2, -0.15) is 0 Å². The number of urea groups is 1. The molecule has 0 bridgehead atoms. The van der Waals surface area contributed by atoms with Gasteiger partial charge in [0.05, 0.1) is 6.54 Å². The Morgan fingerprint density at radius 1 is 1.44 bits per heavy atom. The highest BCUT2D eigenvalue weighted by Gasteiger charge is 2.45. The molecule has 1 unspecified atom stereocenters. The molecule has 0 aromatic rings. The van der Waals surface area contributed by atoms with E-state index in [1.54, 1.807) is 27.7 Å². The number of carboxylic acid groups (broad SMARTS) is 1. The average molecular weight is 258 g/mol. The maximum absolute atomic E-state index is 11.9. The van der Waals surface area contributed by atoms with Crippen LogP contribution in [0.3, 0.4) is 0 Å². The van der Waals surface area contributed by atoms with Crippen LogP contribution in [-0.4, -0.2) is 57.7 Å². The van der Waals surface area contributed by atoms with Crippen molar-refractivity contribution in [3.8, 4) is 0 Å². The minimum atomic E-state index is -1.36. The van der Waals surface area contributed by atoms with Gasteiger partial charge in [0, 0.05) is 6.54 Å². The Labute approximate surface area is 105 Å². The monoisotopic (exact) mass is 258 g/mol. The van der Waals surface area contributed by atoms with Gasteiger partial charge in [0.2, 0.25) is 0 Å². The van der Waals surface area contributed by atoms with Gasteiger partial charge in [-0.3, -0.25) is 0 Å². The summed E-state index contributed by atoms with van der Waals surface area (Å²) >= 11 is 0. The van der Waals surface area contributed by atoms with Crippen LogP contribution in [0.25, 0.3) is 0 Å². The second kappa shape index (κ2) is 4.83. The highest BCUT2D eigenvalue weighted by molar-refractivity contribution is 5.96. The molecule has 102 valence electrons. The van der Waals surface area contributed by atoms with Gasteiger partial charge in [0.25, 0.3) is 0 Å². The summed E-state index contributed by atoms with van der Waals surface area (Å²) in [5.74, 6) is -0.582. The van der Waals surface area contributed by atoms with Gasteiger partial charge < -0.3 is 14.7 Å². The first kappa shape index (κ1) is 14.3. The standard InChI is InChI=1S/C11H18N2O5/c1-5-12-7(8(14)18-11(2,3)4)6-13(9(12)15)10(16)17/h7H,5-6H2,1-4H3,(H,16,17). The van der Waals surface area contributed by atoms with Crippen LogP contribution in [0, 0.1) is 0 Å². The molecule has 1 aliphatic heterocycles. The lowest BCUT2D eigenvalue weighted by molar-refractivity contribution is -0.159. The number of nitrogens with zero attached hydrogens (tertiary/aromatic N) is 2. The molecule has 1 atom stereocenters. The SMILES string of the molecule is CCN1C(=O)N(C(=O)O)CC1C(=O)OC(C)(C)C. The minimum absolute atomic E-state index is 0.184. The van der Waals surface area contributed by atoms with Crippen LogP contribution < -0.4 is 0 Å². The Hall–Kier alpha value is -1.79. The predicted molar refractivity (Wildman–Crippen MR) is 62.1 cm³/mol.